The first-order chi connectivity index (χ1) is 6.59. The van der Waals surface area contributed by atoms with Crippen LogP contribution in [0, 0.1) is 12.8 Å². The topological polar surface area (TPSA) is 50.1 Å². The van der Waals surface area contributed by atoms with E-state index in [0.717, 1.165) is 17.9 Å². The summed E-state index contributed by atoms with van der Waals surface area (Å²) in [7, 11) is 0. The van der Waals surface area contributed by atoms with Crippen molar-refractivity contribution in [1.29, 1.82) is 0 Å². The van der Waals surface area contributed by atoms with E-state index in [0.29, 0.717) is 11.0 Å². The predicted octanol–water partition coefficient (Wildman–Crippen LogP) is 1.93. The van der Waals surface area contributed by atoms with Crippen molar-refractivity contribution < 1.29 is 4.52 Å². The Hall–Kier alpha value is -1.10. The number of aryl methyl sites for hydroxylation is 1. The number of nitrogens with zero attached hydrogens (tertiary/aromatic N) is 1. The van der Waals surface area contributed by atoms with Crippen LogP contribution in [0.3, 0.4) is 0 Å². The van der Waals surface area contributed by atoms with Crippen molar-refractivity contribution >= 4 is 23.0 Å². The molecule has 1 rings (SSSR count). The average Bonchev–Trinajstić information content (AvgIpc) is 2.49. The van der Waals surface area contributed by atoms with E-state index in [9.17, 15) is 0 Å². The smallest absolute Gasteiger partial charge is 0.170 e. The third-order valence-corrected chi connectivity index (χ3v) is 1.92. The van der Waals surface area contributed by atoms with Crippen molar-refractivity contribution in [2.45, 2.75) is 20.8 Å². The lowest BCUT2D eigenvalue weighted by Crippen LogP contribution is -2.31. The summed E-state index contributed by atoms with van der Waals surface area (Å²) < 4.78 is 4.77. The van der Waals surface area contributed by atoms with E-state index in [4.69, 9.17) is 16.7 Å². The molecule has 0 aliphatic carbocycles. The molecule has 2 N–H and O–H groups in total. The SMILES string of the molecule is Cc1nocc1NC(=S)NCC(C)C. The van der Waals surface area contributed by atoms with Gasteiger partial charge in [0.15, 0.2) is 5.11 Å². The van der Waals surface area contributed by atoms with E-state index in [1.807, 2.05) is 6.92 Å². The molecular weight excluding hydrogens is 198 g/mol. The second-order valence-corrected chi connectivity index (χ2v) is 3.95. The molecule has 0 radical (unpaired) electrons. The molecule has 0 aliphatic heterocycles. The molecule has 14 heavy (non-hydrogen) atoms. The summed E-state index contributed by atoms with van der Waals surface area (Å²) in [6, 6.07) is 0. The fraction of sp³-hybridized carbons (Fsp3) is 0.556. The van der Waals surface area contributed by atoms with Crippen molar-refractivity contribution in [2.75, 3.05) is 11.9 Å². The van der Waals surface area contributed by atoms with Gasteiger partial charge in [0.2, 0.25) is 0 Å². The van der Waals surface area contributed by atoms with Gasteiger partial charge < -0.3 is 15.2 Å². The molecule has 1 aromatic heterocycles. The van der Waals surface area contributed by atoms with E-state index >= 15 is 0 Å². The minimum Gasteiger partial charge on any atom is -0.362 e. The van der Waals surface area contributed by atoms with Gasteiger partial charge in [-0.25, -0.2) is 0 Å². The minimum atomic E-state index is 0.568. The van der Waals surface area contributed by atoms with Gasteiger partial charge in [0, 0.05) is 6.54 Å². The Morgan fingerprint density at radius 1 is 1.64 bits per heavy atom. The van der Waals surface area contributed by atoms with Crippen molar-refractivity contribution in [3.05, 3.63) is 12.0 Å². The van der Waals surface area contributed by atoms with Gasteiger partial charge in [-0.2, -0.15) is 0 Å². The molecule has 1 heterocycles. The summed E-state index contributed by atoms with van der Waals surface area (Å²) in [5.74, 6) is 0.568. The van der Waals surface area contributed by atoms with Crippen LogP contribution in [0.2, 0.25) is 0 Å². The third-order valence-electron chi connectivity index (χ3n) is 1.67. The maximum Gasteiger partial charge on any atom is 0.170 e. The lowest BCUT2D eigenvalue weighted by atomic mass is 10.2. The summed E-state index contributed by atoms with van der Waals surface area (Å²) >= 11 is 5.09. The van der Waals surface area contributed by atoms with Crippen molar-refractivity contribution in [3.63, 3.8) is 0 Å². The summed E-state index contributed by atoms with van der Waals surface area (Å²) in [4.78, 5) is 0. The van der Waals surface area contributed by atoms with Crippen LogP contribution in [0.4, 0.5) is 5.69 Å². The molecule has 0 fully saturated rings. The zero-order chi connectivity index (χ0) is 10.6. The second kappa shape index (κ2) is 4.95. The molecule has 1 aromatic rings. The molecule has 0 aromatic carbocycles. The highest BCUT2D eigenvalue weighted by Gasteiger charge is 2.04. The number of thiocarbonyl (C=S) groups is 1. The van der Waals surface area contributed by atoms with Crippen molar-refractivity contribution in [2.24, 2.45) is 5.92 Å². The quantitative estimate of drug-likeness (QED) is 0.751. The highest BCUT2D eigenvalue weighted by atomic mass is 32.1. The van der Waals surface area contributed by atoms with Gasteiger partial charge in [-0.1, -0.05) is 19.0 Å². The van der Waals surface area contributed by atoms with E-state index < -0.39 is 0 Å². The van der Waals surface area contributed by atoms with Crippen LogP contribution in [0.5, 0.6) is 0 Å². The summed E-state index contributed by atoms with van der Waals surface area (Å²) in [6.07, 6.45) is 1.54. The largest absolute Gasteiger partial charge is 0.362 e. The van der Waals surface area contributed by atoms with Crippen LogP contribution in [-0.2, 0) is 0 Å². The lowest BCUT2D eigenvalue weighted by molar-refractivity contribution is 0.415. The molecule has 0 saturated carbocycles. The Labute approximate surface area is 89.0 Å². The van der Waals surface area contributed by atoms with Crippen LogP contribution >= 0.6 is 12.2 Å². The average molecular weight is 213 g/mol. The molecule has 78 valence electrons. The van der Waals surface area contributed by atoms with Gasteiger partial charge in [0.25, 0.3) is 0 Å². The number of nitrogens with one attached hydrogen (secondary N) is 2. The van der Waals surface area contributed by atoms with Crippen LogP contribution in [-0.4, -0.2) is 16.8 Å². The van der Waals surface area contributed by atoms with Crippen LogP contribution in [0.25, 0.3) is 0 Å². The normalized spacial score (nSPS) is 10.3. The fourth-order valence-electron chi connectivity index (χ4n) is 0.876. The minimum absolute atomic E-state index is 0.568. The molecule has 0 amide bonds. The molecule has 0 bridgehead atoms. The first-order valence-corrected chi connectivity index (χ1v) is 4.96. The first-order valence-electron chi connectivity index (χ1n) is 4.55. The van der Waals surface area contributed by atoms with Gasteiger partial charge in [-0.15, -0.1) is 0 Å². The first kappa shape index (κ1) is 11.0. The standard InChI is InChI=1S/C9H15N3OS/c1-6(2)4-10-9(14)11-8-5-13-12-7(8)3/h5-6H,4H2,1-3H3,(H2,10,11,14). The number of hydrogen-bond donors (Lipinski definition) is 2. The molecule has 0 spiro atoms. The van der Waals surface area contributed by atoms with E-state index in [1.54, 1.807) is 6.26 Å². The van der Waals surface area contributed by atoms with Crippen molar-refractivity contribution in [3.8, 4) is 0 Å². The van der Waals surface area contributed by atoms with Crippen LogP contribution in [0.15, 0.2) is 10.8 Å². The Morgan fingerprint density at radius 3 is 2.86 bits per heavy atom. The van der Waals surface area contributed by atoms with Crippen LogP contribution in [0.1, 0.15) is 19.5 Å². The Kier molecular flexibility index (Phi) is 3.88. The molecule has 0 atom stereocenters. The Bertz CT molecular complexity index is 309. The van der Waals surface area contributed by atoms with E-state index in [-0.39, 0.29) is 0 Å². The molecule has 0 aliphatic rings. The second-order valence-electron chi connectivity index (χ2n) is 3.54. The number of rotatable bonds is 3. The summed E-state index contributed by atoms with van der Waals surface area (Å²) in [5.41, 5.74) is 1.62. The molecule has 5 heteroatoms. The summed E-state index contributed by atoms with van der Waals surface area (Å²) in [5, 5.41) is 10.4. The summed E-state index contributed by atoms with van der Waals surface area (Å²) in [6.45, 7) is 6.97. The zero-order valence-electron chi connectivity index (χ0n) is 8.63. The molecule has 0 saturated heterocycles. The van der Waals surface area contributed by atoms with Gasteiger partial charge in [-0.3, -0.25) is 0 Å². The van der Waals surface area contributed by atoms with Gasteiger partial charge in [0.05, 0.1) is 0 Å². The lowest BCUT2D eigenvalue weighted by Gasteiger charge is -2.10. The Morgan fingerprint density at radius 2 is 2.36 bits per heavy atom. The fourth-order valence-corrected chi connectivity index (χ4v) is 1.07. The van der Waals surface area contributed by atoms with Gasteiger partial charge in [0.1, 0.15) is 17.6 Å². The van der Waals surface area contributed by atoms with Gasteiger partial charge >= 0.3 is 0 Å². The number of hydrogen-bond acceptors (Lipinski definition) is 3. The third kappa shape index (κ3) is 3.33. The monoisotopic (exact) mass is 213 g/mol. The number of anilines is 1. The number of aromatic nitrogens is 1. The van der Waals surface area contributed by atoms with Gasteiger partial charge in [-0.05, 0) is 25.1 Å². The zero-order valence-corrected chi connectivity index (χ0v) is 9.44. The predicted molar refractivity (Wildman–Crippen MR) is 60.3 cm³/mol. The van der Waals surface area contributed by atoms with E-state index in [1.165, 1.54) is 0 Å². The highest BCUT2D eigenvalue weighted by Crippen LogP contribution is 2.10. The highest BCUT2D eigenvalue weighted by molar-refractivity contribution is 7.80. The molecular formula is C9H15N3OS. The molecule has 0 unspecified atom stereocenters. The van der Waals surface area contributed by atoms with Crippen LogP contribution < -0.4 is 10.6 Å². The van der Waals surface area contributed by atoms with E-state index in [2.05, 4.69) is 29.6 Å². The molecule has 4 nitrogen and oxygen atoms in total. The van der Waals surface area contributed by atoms with Crippen molar-refractivity contribution in [1.82, 2.24) is 10.5 Å². The Balaban J connectivity index is 2.38. The maximum absolute atomic E-state index is 5.09. The maximum atomic E-state index is 5.09.